The van der Waals surface area contributed by atoms with Crippen LogP contribution in [0.2, 0.25) is 0 Å². The number of hydrogen-bond acceptors (Lipinski definition) is 2. The van der Waals surface area contributed by atoms with Crippen LogP contribution in [0.15, 0.2) is 24.3 Å². The number of carbonyl (C=O) groups excluding carboxylic acids is 1. The summed E-state index contributed by atoms with van der Waals surface area (Å²) < 4.78 is 5.30. The van der Waals surface area contributed by atoms with E-state index in [-0.39, 0.29) is 6.03 Å². The highest BCUT2D eigenvalue weighted by molar-refractivity contribution is 6.18. The van der Waals surface area contributed by atoms with Gasteiger partial charge in [-0.05, 0) is 43.9 Å². The molecule has 1 aromatic rings. The molecule has 0 atom stereocenters. The summed E-state index contributed by atoms with van der Waals surface area (Å²) in [6, 6.07) is 7.68. The summed E-state index contributed by atoms with van der Waals surface area (Å²) in [4.78, 5) is 11.4. The number of aryl methyl sites for hydroxylation is 1. The molecule has 1 rings (SSSR count). The van der Waals surface area contributed by atoms with Crippen molar-refractivity contribution in [3.05, 3.63) is 29.8 Å². The van der Waals surface area contributed by atoms with Gasteiger partial charge >= 0.3 is 6.03 Å². The van der Waals surface area contributed by atoms with Gasteiger partial charge in [-0.1, -0.05) is 12.1 Å². The van der Waals surface area contributed by atoms with E-state index in [1.165, 1.54) is 5.56 Å². The van der Waals surface area contributed by atoms with Crippen molar-refractivity contribution in [3.63, 3.8) is 0 Å². The Morgan fingerprint density at radius 2 is 2.00 bits per heavy atom. The van der Waals surface area contributed by atoms with Gasteiger partial charge in [0.15, 0.2) is 0 Å². The predicted molar refractivity (Wildman–Crippen MR) is 83.6 cm³/mol. The minimum Gasteiger partial charge on any atom is -0.382 e. The number of alkyl halides is 1. The van der Waals surface area contributed by atoms with Crippen molar-refractivity contribution in [2.75, 3.05) is 31.0 Å². The van der Waals surface area contributed by atoms with Gasteiger partial charge in [-0.25, -0.2) is 4.79 Å². The van der Waals surface area contributed by atoms with Crippen LogP contribution in [0.1, 0.15) is 25.3 Å². The molecular weight excluding hydrogens is 276 g/mol. The first-order valence-electron chi connectivity index (χ1n) is 7.03. The molecule has 0 heterocycles. The van der Waals surface area contributed by atoms with Crippen LogP contribution >= 0.6 is 11.6 Å². The van der Waals surface area contributed by atoms with Crippen LogP contribution in [-0.4, -0.2) is 31.7 Å². The van der Waals surface area contributed by atoms with E-state index < -0.39 is 0 Å². The maximum absolute atomic E-state index is 11.4. The average Bonchev–Trinajstić information content (AvgIpc) is 2.46. The molecule has 2 N–H and O–H groups in total. The van der Waals surface area contributed by atoms with Crippen LogP contribution in [0, 0.1) is 0 Å². The van der Waals surface area contributed by atoms with E-state index in [4.69, 9.17) is 16.3 Å². The molecule has 0 saturated carbocycles. The van der Waals surface area contributed by atoms with E-state index in [9.17, 15) is 4.79 Å². The minimum atomic E-state index is -0.227. The zero-order chi connectivity index (χ0) is 14.6. The van der Waals surface area contributed by atoms with Gasteiger partial charge in [-0.3, -0.25) is 0 Å². The fraction of sp³-hybridized carbons (Fsp3) is 0.533. The predicted octanol–water partition coefficient (Wildman–Crippen LogP) is 3.41. The van der Waals surface area contributed by atoms with Crippen LogP contribution in [0.5, 0.6) is 0 Å². The summed E-state index contributed by atoms with van der Waals surface area (Å²) >= 11 is 5.50. The third kappa shape index (κ3) is 7.36. The molecule has 0 aromatic heterocycles. The second-order valence-electron chi connectivity index (χ2n) is 4.42. The molecule has 0 unspecified atom stereocenters. The number of urea groups is 1. The highest BCUT2D eigenvalue weighted by atomic mass is 35.5. The summed E-state index contributed by atoms with van der Waals surface area (Å²) in [5, 5.41) is 5.41. The number of amides is 2. The number of rotatable bonds is 9. The van der Waals surface area contributed by atoms with E-state index in [1.54, 1.807) is 0 Å². The normalized spacial score (nSPS) is 10.3. The third-order valence-electron chi connectivity index (χ3n) is 2.80. The van der Waals surface area contributed by atoms with Crippen molar-refractivity contribution in [1.82, 2.24) is 5.32 Å². The molecule has 20 heavy (non-hydrogen) atoms. The van der Waals surface area contributed by atoms with Crippen molar-refractivity contribution in [2.45, 2.75) is 26.2 Å². The van der Waals surface area contributed by atoms with E-state index in [1.807, 2.05) is 31.2 Å². The Morgan fingerprint density at radius 1 is 1.25 bits per heavy atom. The lowest BCUT2D eigenvalue weighted by Crippen LogP contribution is -2.30. The number of unbranched alkanes of at least 4 members (excludes halogenated alkanes) is 1. The van der Waals surface area contributed by atoms with Gasteiger partial charge in [0.1, 0.15) is 0 Å². The fourth-order valence-corrected chi connectivity index (χ4v) is 1.86. The Morgan fingerprint density at radius 3 is 2.65 bits per heavy atom. The smallest absolute Gasteiger partial charge is 0.319 e. The SMILES string of the molecule is CCOCCCCc1ccc(NC(=O)NCCCl)cc1. The second kappa shape index (κ2) is 10.5. The Bertz CT molecular complexity index is 382. The molecule has 0 aliphatic rings. The zero-order valence-corrected chi connectivity index (χ0v) is 12.7. The molecule has 0 fully saturated rings. The van der Waals surface area contributed by atoms with Crippen LogP contribution in [0.25, 0.3) is 0 Å². The Balaban J connectivity index is 2.27. The summed E-state index contributed by atoms with van der Waals surface area (Å²) in [5.74, 6) is 0.411. The van der Waals surface area contributed by atoms with Crippen LogP contribution in [-0.2, 0) is 11.2 Å². The lowest BCUT2D eigenvalue weighted by atomic mass is 10.1. The summed E-state index contributed by atoms with van der Waals surface area (Å²) in [5.41, 5.74) is 2.06. The van der Waals surface area contributed by atoms with Gasteiger partial charge in [-0.2, -0.15) is 0 Å². The monoisotopic (exact) mass is 298 g/mol. The van der Waals surface area contributed by atoms with E-state index in [0.29, 0.717) is 12.4 Å². The first-order chi connectivity index (χ1) is 9.76. The van der Waals surface area contributed by atoms with Gasteiger partial charge in [0.2, 0.25) is 0 Å². The zero-order valence-electron chi connectivity index (χ0n) is 12.0. The fourth-order valence-electron chi connectivity index (χ4n) is 1.77. The maximum atomic E-state index is 11.4. The number of anilines is 1. The molecule has 0 aliphatic heterocycles. The first kappa shape index (κ1) is 16.8. The molecule has 0 bridgehead atoms. The van der Waals surface area contributed by atoms with Gasteiger partial charge in [-0.15, -0.1) is 11.6 Å². The van der Waals surface area contributed by atoms with Crippen molar-refractivity contribution in [1.29, 1.82) is 0 Å². The number of carbonyl (C=O) groups is 1. The number of ether oxygens (including phenoxy) is 1. The van der Waals surface area contributed by atoms with Gasteiger partial charge < -0.3 is 15.4 Å². The summed E-state index contributed by atoms with van der Waals surface area (Å²) in [6.07, 6.45) is 3.23. The molecule has 0 aliphatic carbocycles. The highest BCUT2D eigenvalue weighted by Gasteiger charge is 2.00. The van der Waals surface area contributed by atoms with Crippen molar-refractivity contribution >= 4 is 23.3 Å². The lowest BCUT2D eigenvalue weighted by molar-refractivity contribution is 0.143. The van der Waals surface area contributed by atoms with Gasteiger partial charge in [0.05, 0.1) is 0 Å². The summed E-state index contributed by atoms with van der Waals surface area (Å²) in [7, 11) is 0. The van der Waals surface area contributed by atoms with E-state index in [2.05, 4.69) is 10.6 Å². The molecule has 5 heteroatoms. The Kier molecular flexibility index (Phi) is 8.83. The Labute approximate surface area is 125 Å². The van der Waals surface area contributed by atoms with E-state index in [0.717, 1.165) is 38.2 Å². The number of halogens is 1. The van der Waals surface area contributed by atoms with Crippen molar-refractivity contribution < 1.29 is 9.53 Å². The van der Waals surface area contributed by atoms with E-state index >= 15 is 0 Å². The quantitative estimate of drug-likeness (QED) is 0.542. The van der Waals surface area contributed by atoms with Crippen molar-refractivity contribution in [2.24, 2.45) is 0 Å². The molecule has 1 aromatic carbocycles. The molecule has 0 saturated heterocycles. The molecule has 2 amide bonds. The standard InChI is InChI=1S/C15H23ClN2O2/c1-2-20-12-4-3-5-13-6-8-14(9-7-13)18-15(19)17-11-10-16/h6-9H,2-5,10-12H2,1H3,(H2,17,18,19). The number of hydrogen-bond donors (Lipinski definition) is 2. The molecule has 0 radical (unpaired) electrons. The summed E-state index contributed by atoms with van der Waals surface area (Å²) in [6.45, 7) is 4.09. The Hall–Kier alpha value is -1.26. The maximum Gasteiger partial charge on any atom is 0.319 e. The van der Waals surface area contributed by atoms with Crippen LogP contribution < -0.4 is 10.6 Å². The molecule has 4 nitrogen and oxygen atoms in total. The first-order valence-corrected chi connectivity index (χ1v) is 7.57. The number of nitrogens with one attached hydrogen (secondary N) is 2. The largest absolute Gasteiger partial charge is 0.382 e. The van der Waals surface area contributed by atoms with Gasteiger partial charge in [0.25, 0.3) is 0 Å². The molecular formula is C15H23ClN2O2. The van der Waals surface area contributed by atoms with Gasteiger partial charge in [0, 0.05) is 31.3 Å². The average molecular weight is 299 g/mol. The molecule has 112 valence electrons. The van der Waals surface area contributed by atoms with Crippen LogP contribution in [0.4, 0.5) is 10.5 Å². The minimum absolute atomic E-state index is 0.227. The second-order valence-corrected chi connectivity index (χ2v) is 4.80. The molecule has 0 spiro atoms. The van der Waals surface area contributed by atoms with Crippen molar-refractivity contribution in [3.8, 4) is 0 Å². The highest BCUT2D eigenvalue weighted by Crippen LogP contribution is 2.11. The number of benzene rings is 1. The van der Waals surface area contributed by atoms with Crippen LogP contribution in [0.3, 0.4) is 0 Å². The topological polar surface area (TPSA) is 50.4 Å². The third-order valence-corrected chi connectivity index (χ3v) is 2.99. The lowest BCUT2D eigenvalue weighted by Gasteiger charge is -2.07.